The lowest BCUT2D eigenvalue weighted by atomic mass is 10.0. The number of pyridine rings is 1. The number of benzene rings is 1. The number of carbonyl (C=O) groups is 2. The lowest BCUT2D eigenvalue weighted by Gasteiger charge is -2.33. The van der Waals surface area contributed by atoms with Crippen LogP contribution in [0.4, 0.5) is 19.0 Å². The van der Waals surface area contributed by atoms with E-state index in [4.69, 9.17) is 0 Å². The van der Waals surface area contributed by atoms with Gasteiger partial charge in [0.1, 0.15) is 17.3 Å². The van der Waals surface area contributed by atoms with Gasteiger partial charge in [-0.3, -0.25) is 14.2 Å². The van der Waals surface area contributed by atoms with E-state index in [-0.39, 0.29) is 17.0 Å². The maximum absolute atomic E-state index is 14.5. The van der Waals surface area contributed by atoms with Crippen LogP contribution in [0.1, 0.15) is 34.4 Å². The lowest BCUT2D eigenvalue weighted by molar-refractivity contribution is -0.214. The van der Waals surface area contributed by atoms with Crippen molar-refractivity contribution in [3.63, 3.8) is 0 Å². The van der Waals surface area contributed by atoms with Crippen molar-refractivity contribution in [3.8, 4) is 0 Å². The van der Waals surface area contributed by atoms with E-state index in [1.165, 1.54) is 12.1 Å². The van der Waals surface area contributed by atoms with Crippen molar-refractivity contribution < 1.29 is 22.8 Å². The first-order valence-corrected chi connectivity index (χ1v) is 9.71. The molecule has 0 bridgehead atoms. The fraction of sp³-hybridized carbons (Fsp3) is 0.333. The fourth-order valence-corrected chi connectivity index (χ4v) is 3.82. The minimum absolute atomic E-state index is 0.0445. The van der Waals surface area contributed by atoms with Gasteiger partial charge in [0, 0.05) is 6.54 Å². The maximum Gasteiger partial charge on any atom is 0.438 e. The van der Waals surface area contributed by atoms with E-state index in [1.54, 1.807) is 25.1 Å². The third-order valence-electron chi connectivity index (χ3n) is 5.44. The summed E-state index contributed by atoms with van der Waals surface area (Å²) in [7, 11) is 0. The van der Waals surface area contributed by atoms with Gasteiger partial charge in [-0.15, -0.1) is 0 Å². The first-order chi connectivity index (χ1) is 14.6. The molecule has 0 spiro atoms. The van der Waals surface area contributed by atoms with Crippen molar-refractivity contribution in [1.82, 2.24) is 19.9 Å². The first-order valence-electron chi connectivity index (χ1n) is 9.71. The smallest absolute Gasteiger partial charge is 0.370 e. The normalized spacial score (nSPS) is 18.3. The van der Waals surface area contributed by atoms with Crippen LogP contribution in [0.15, 0.2) is 30.3 Å². The Balaban J connectivity index is 1.87. The Kier molecular flexibility index (Phi) is 4.75. The minimum Gasteiger partial charge on any atom is -0.370 e. The Morgan fingerprint density at radius 2 is 1.90 bits per heavy atom. The van der Waals surface area contributed by atoms with Crippen molar-refractivity contribution >= 4 is 28.5 Å². The van der Waals surface area contributed by atoms with Gasteiger partial charge in [-0.2, -0.15) is 13.2 Å². The van der Waals surface area contributed by atoms with Crippen LogP contribution in [0.25, 0.3) is 11.0 Å². The molecule has 0 radical (unpaired) electrons. The van der Waals surface area contributed by atoms with Gasteiger partial charge in [0.2, 0.25) is 0 Å². The van der Waals surface area contributed by atoms with Crippen LogP contribution >= 0.6 is 0 Å². The molecule has 162 valence electrons. The van der Waals surface area contributed by atoms with Crippen LogP contribution in [0.2, 0.25) is 0 Å². The van der Waals surface area contributed by atoms with E-state index < -0.39 is 30.0 Å². The van der Waals surface area contributed by atoms with Crippen LogP contribution in [-0.4, -0.2) is 38.9 Å². The van der Waals surface area contributed by atoms with Gasteiger partial charge in [-0.25, -0.2) is 9.97 Å². The van der Waals surface area contributed by atoms with E-state index in [0.717, 1.165) is 15.7 Å². The number of nitrogens with zero attached hydrogens (tertiary/aromatic N) is 3. The number of fused-ring (bicyclic) bond motifs is 3. The number of alkyl halides is 3. The SMILES string of the molecule is CCNc1cccc(C(=O)NC2(C(F)(F)F)C(=O)Cc3nc4cc(C)c(C)cc4n32)n1. The minimum atomic E-state index is -5.10. The number of imidazole rings is 1. The van der Waals surface area contributed by atoms with Crippen LogP contribution in [0.3, 0.4) is 0 Å². The van der Waals surface area contributed by atoms with E-state index >= 15 is 0 Å². The average Bonchev–Trinajstić information content (AvgIpc) is 3.16. The number of hydrogen-bond donors (Lipinski definition) is 2. The number of ketones is 1. The molecule has 10 heteroatoms. The van der Waals surface area contributed by atoms with Crippen LogP contribution in [0.5, 0.6) is 0 Å². The molecule has 0 saturated carbocycles. The zero-order valence-electron chi connectivity index (χ0n) is 17.1. The topological polar surface area (TPSA) is 88.9 Å². The van der Waals surface area contributed by atoms with Crippen molar-refractivity contribution in [1.29, 1.82) is 0 Å². The number of nitrogens with one attached hydrogen (secondary N) is 2. The molecule has 1 aliphatic heterocycles. The van der Waals surface area contributed by atoms with Gasteiger partial charge < -0.3 is 10.6 Å². The second-order valence-electron chi connectivity index (χ2n) is 7.49. The summed E-state index contributed by atoms with van der Waals surface area (Å²) in [5, 5.41) is 4.85. The lowest BCUT2D eigenvalue weighted by Crippen LogP contribution is -2.62. The number of amides is 1. The Morgan fingerprint density at radius 3 is 2.58 bits per heavy atom. The standard InChI is InChI=1S/C21H20F3N5O2/c1-4-25-17-7-5-6-13(26-17)19(31)28-20(21(22,23)24)16(30)10-18-27-14-8-11(2)12(3)9-15(14)29(18)20/h5-9H,4,10H2,1-3H3,(H,25,26)(H,28,31). The zero-order chi connectivity index (χ0) is 22.6. The van der Waals surface area contributed by atoms with Gasteiger partial charge in [0.15, 0.2) is 5.78 Å². The van der Waals surface area contributed by atoms with Gasteiger partial charge in [-0.1, -0.05) is 6.07 Å². The quantitative estimate of drug-likeness (QED) is 0.662. The summed E-state index contributed by atoms with van der Waals surface area (Å²) in [5.41, 5.74) is -1.42. The predicted octanol–water partition coefficient (Wildman–Crippen LogP) is 3.25. The Hall–Kier alpha value is -3.43. The molecule has 1 aromatic carbocycles. The highest BCUT2D eigenvalue weighted by Crippen LogP contribution is 2.43. The highest BCUT2D eigenvalue weighted by atomic mass is 19.4. The highest BCUT2D eigenvalue weighted by molar-refractivity contribution is 6.01. The number of Topliss-reactive ketones (excluding diaryl/α,β-unsaturated/α-hetero) is 1. The second kappa shape index (κ2) is 7.07. The van der Waals surface area contributed by atoms with Crippen molar-refractivity contribution in [2.45, 2.75) is 39.0 Å². The summed E-state index contributed by atoms with van der Waals surface area (Å²) in [6.07, 6.45) is -5.64. The molecule has 0 fully saturated rings. The predicted molar refractivity (Wildman–Crippen MR) is 108 cm³/mol. The van der Waals surface area contributed by atoms with Gasteiger partial charge in [-0.05, 0) is 56.2 Å². The Bertz CT molecular complexity index is 1220. The van der Waals surface area contributed by atoms with E-state index in [0.29, 0.717) is 17.9 Å². The fourth-order valence-electron chi connectivity index (χ4n) is 3.82. The van der Waals surface area contributed by atoms with Gasteiger partial charge >= 0.3 is 6.18 Å². The van der Waals surface area contributed by atoms with Crippen LogP contribution in [-0.2, 0) is 16.9 Å². The molecule has 2 N–H and O–H groups in total. The number of hydrogen-bond acceptors (Lipinski definition) is 5. The summed E-state index contributed by atoms with van der Waals surface area (Å²) < 4.78 is 44.3. The second-order valence-corrected chi connectivity index (χ2v) is 7.49. The first kappa shape index (κ1) is 20.8. The molecule has 1 unspecified atom stereocenters. The molecule has 1 aliphatic rings. The number of carbonyl (C=O) groups excluding carboxylic acids is 2. The van der Waals surface area contributed by atoms with Crippen molar-refractivity contribution in [2.24, 2.45) is 0 Å². The number of aryl methyl sites for hydroxylation is 2. The third kappa shape index (κ3) is 3.13. The number of aromatic nitrogens is 3. The largest absolute Gasteiger partial charge is 0.438 e. The highest BCUT2D eigenvalue weighted by Gasteiger charge is 2.67. The molecule has 4 rings (SSSR count). The van der Waals surface area contributed by atoms with Gasteiger partial charge in [0.25, 0.3) is 11.6 Å². The van der Waals surface area contributed by atoms with Crippen LogP contribution < -0.4 is 10.6 Å². The molecule has 31 heavy (non-hydrogen) atoms. The summed E-state index contributed by atoms with van der Waals surface area (Å²) in [4.78, 5) is 33.9. The molecule has 0 aliphatic carbocycles. The Morgan fingerprint density at radius 1 is 1.19 bits per heavy atom. The van der Waals surface area contributed by atoms with Crippen molar-refractivity contribution in [2.75, 3.05) is 11.9 Å². The van der Waals surface area contributed by atoms with Crippen LogP contribution in [0, 0.1) is 13.8 Å². The molecular weight excluding hydrogens is 411 g/mol. The zero-order valence-corrected chi connectivity index (χ0v) is 17.1. The molecule has 3 aromatic rings. The van der Waals surface area contributed by atoms with Gasteiger partial charge in [0.05, 0.1) is 17.5 Å². The number of halogens is 3. The number of rotatable bonds is 4. The number of anilines is 1. The van der Waals surface area contributed by atoms with E-state index in [2.05, 4.69) is 15.3 Å². The van der Waals surface area contributed by atoms with E-state index in [1.807, 2.05) is 19.2 Å². The summed E-state index contributed by atoms with van der Waals surface area (Å²) in [6, 6.07) is 7.61. The molecule has 1 amide bonds. The molecule has 3 heterocycles. The monoisotopic (exact) mass is 431 g/mol. The molecule has 0 saturated heterocycles. The average molecular weight is 431 g/mol. The molecule has 7 nitrogen and oxygen atoms in total. The summed E-state index contributed by atoms with van der Waals surface area (Å²) >= 11 is 0. The Labute approximate surface area is 175 Å². The molecule has 1 atom stereocenters. The summed E-state index contributed by atoms with van der Waals surface area (Å²) in [6.45, 7) is 5.92. The summed E-state index contributed by atoms with van der Waals surface area (Å²) in [5.74, 6) is -2.01. The maximum atomic E-state index is 14.5. The molecule has 2 aromatic heterocycles. The van der Waals surface area contributed by atoms with Crippen molar-refractivity contribution in [3.05, 3.63) is 53.0 Å². The van der Waals surface area contributed by atoms with E-state index in [9.17, 15) is 22.8 Å². The third-order valence-corrected chi connectivity index (χ3v) is 5.44. The molecular formula is C21H20F3N5O2.